The van der Waals surface area contributed by atoms with Crippen molar-refractivity contribution in [3.05, 3.63) is 52.0 Å². The van der Waals surface area contributed by atoms with E-state index in [1.807, 2.05) is 0 Å². The zero-order valence-electron chi connectivity index (χ0n) is 10.9. The number of ether oxygens (including phenoxy) is 1. The predicted octanol–water partition coefficient (Wildman–Crippen LogP) is 1.58. The van der Waals surface area contributed by atoms with Crippen molar-refractivity contribution in [1.82, 2.24) is 9.97 Å². The van der Waals surface area contributed by atoms with Crippen LogP contribution in [-0.2, 0) is 0 Å². The summed E-state index contributed by atoms with van der Waals surface area (Å²) in [7, 11) is 0. The third-order valence-electron chi connectivity index (χ3n) is 2.57. The Morgan fingerprint density at radius 3 is 2.86 bits per heavy atom. The van der Waals surface area contributed by atoms with Gasteiger partial charge in [-0.25, -0.2) is 4.98 Å². The van der Waals surface area contributed by atoms with Gasteiger partial charge in [-0.3, -0.25) is 15.1 Å². The molecule has 0 bridgehead atoms. The second-order valence-electron chi connectivity index (χ2n) is 3.95. The second-order valence-corrected chi connectivity index (χ2v) is 3.95. The SMILES string of the molecule is Cc1ncccc1Oc1ccc([N+](=O)[O-])c(/C(N)=N/O)n1. The van der Waals surface area contributed by atoms with Gasteiger partial charge in [0.2, 0.25) is 5.88 Å². The van der Waals surface area contributed by atoms with Gasteiger partial charge in [0, 0.05) is 18.3 Å². The molecule has 0 aliphatic heterocycles. The molecular weight excluding hydrogens is 278 g/mol. The van der Waals surface area contributed by atoms with Crippen LogP contribution in [0.3, 0.4) is 0 Å². The molecule has 0 aliphatic carbocycles. The van der Waals surface area contributed by atoms with Gasteiger partial charge >= 0.3 is 0 Å². The van der Waals surface area contributed by atoms with Gasteiger partial charge in [0.1, 0.15) is 0 Å². The van der Waals surface area contributed by atoms with Crippen molar-refractivity contribution in [1.29, 1.82) is 0 Å². The molecule has 2 rings (SSSR count). The van der Waals surface area contributed by atoms with Gasteiger partial charge in [-0.2, -0.15) is 0 Å². The van der Waals surface area contributed by atoms with Crippen molar-refractivity contribution < 1.29 is 14.9 Å². The fourth-order valence-electron chi connectivity index (χ4n) is 1.56. The maximum absolute atomic E-state index is 10.9. The number of rotatable bonds is 4. The van der Waals surface area contributed by atoms with E-state index in [2.05, 4.69) is 15.1 Å². The molecule has 0 amide bonds. The van der Waals surface area contributed by atoms with E-state index in [0.29, 0.717) is 11.4 Å². The maximum Gasteiger partial charge on any atom is 0.299 e. The molecule has 0 fully saturated rings. The molecule has 9 nitrogen and oxygen atoms in total. The van der Waals surface area contributed by atoms with Crippen LogP contribution in [0.15, 0.2) is 35.6 Å². The molecule has 0 atom stereocenters. The summed E-state index contributed by atoms with van der Waals surface area (Å²) >= 11 is 0. The topological polar surface area (TPSA) is 137 Å². The first kappa shape index (κ1) is 14.2. The largest absolute Gasteiger partial charge is 0.437 e. The number of pyridine rings is 2. The van der Waals surface area contributed by atoms with E-state index in [4.69, 9.17) is 15.7 Å². The molecule has 0 saturated heterocycles. The Morgan fingerprint density at radius 2 is 2.24 bits per heavy atom. The van der Waals surface area contributed by atoms with Crippen LogP contribution < -0.4 is 10.5 Å². The standard InChI is InChI=1S/C12H11N5O4/c1-7-9(3-2-6-14-7)21-10-5-4-8(17(19)20)11(15-10)12(13)16-18/h2-6,18H,1H3,(H2,13,16). The summed E-state index contributed by atoms with van der Waals surface area (Å²) in [4.78, 5) is 18.1. The highest BCUT2D eigenvalue weighted by Crippen LogP contribution is 2.25. The Kier molecular flexibility index (Phi) is 3.93. The first-order chi connectivity index (χ1) is 10.0. The molecule has 2 heterocycles. The van der Waals surface area contributed by atoms with Crippen LogP contribution in [0, 0.1) is 17.0 Å². The highest BCUT2D eigenvalue weighted by atomic mass is 16.6. The lowest BCUT2D eigenvalue weighted by Gasteiger charge is -2.08. The molecule has 0 aliphatic rings. The third kappa shape index (κ3) is 3.03. The van der Waals surface area contributed by atoms with Gasteiger partial charge < -0.3 is 15.7 Å². The summed E-state index contributed by atoms with van der Waals surface area (Å²) in [5.74, 6) is 0.0395. The Morgan fingerprint density at radius 1 is 1.48 bits per heavy atom. The minimum atomic E-state index is -0.681. The zero-order chi connectivity index (χ0) is 15.4. The number of aryl methyl sites for hydroxylation is 1. The molecule has 9 heteroatoms. The minimum absolute atomic E-state index is 0.0679. The monoisotopic (exact) mass is 289 g/mol. The van der Waals surface area contributed by atoms with E-state index >= 15 is 0 Å². The molecule has 2 aromatic heterocycles. The lowest BCUT2D eigenvalue weighted by molar-refractivity contribution is -0.385. The van der Waals surface area contributed by atoms with Crippen molar-refractivity contribution in [2.24, 2.45) is 10.9 Å². The van der Waals surface area contributed by atoms with E-state index in [9.17, 15) is 10.1 Å². The van der Waals surface area contributed by atoms with Crippen LogP contribution in [0.4, 0.5) is 5.69 Å². The van der Waals surface area contributed by atoms with E-state index in [0.717, 1.165) is 0 Å². The van der Waals surface area contributed by atoms with Crippen molar-refractivity contribution in [2.75, 3.05) is 0 Å². The Hall–Kier alpha value is -3.23. The van der Waals surface area contributed by atoms with Gasteiger partial charge in [0.05, 0.1) is 10.6 Å². The van der Waals surface area contributed by atoms with Crippen LogP contribution in [0.25, 0.3) is 0 Å². The Bertz CT molecular complexity index is 717. The fraction of sp³-hybridized carbons (Fsp3) is 0.0833. The van der Waals surface area contributed by atoms with Crippen molar-refractivity contribution in [3.8, 4) is 11.6 Å². The van der Waals surface area contributed by atoms with Crippen LogP contribution in [-0.4, -0.2) is 25.9 Å². The van der Waals surface area contributed by atoms with E-state index in [1.54, 1.807) is 25.3 Å². The Labute approximate surface area is 118 Å². The zero-order valence-corrected chi connectivity index (χ0v) is 10.9. The summed E-state index contributed by atoms with van der Waals surface area (Å²) in [6, 6.07) is 5.84. The smallest absolute Gasteiger partial charge is 0.299 e. The van der Waals surface area contributed by atoms with Crippen LogP contribution in [0.1, 0.15) is 11.4 Å². The first-order valence-corrected chi connectivity index (χ1v) is 5.75. The van der Waals surface area contributed by atoms with Gasteiger partial charge in [-0.05, 0) is 19.1 Å². The molecular formula is C12H11N5O4. The molecule has 2 aromatic rings. The van der Waals surface area contributed by atoms with Gasteiger partial charge in [-0.15, -0.1) is 0 Å². The highest BCUT2D eigenvalue weighted by Gasteiger charge is 2.20. The maximum atomic E-state index is 10.9. The normalized spacial score (nSPS) is 11.2. The lowest BCUT2D eigenvalue weighted by Crippen LogP contribution is -2.17. The average molecular weight is 289 g/mol. The number of hydrogen-bond acceptors (Lipinski definition) is 7. The number of amidine groups is 1. The molecule has 0 spiro atoms. The summed E-state index contributed by atoms with van der Waals surface area (Å²) in [5, 5.41) is 22.3. The molecule has 21 heavy (non-hydrogen) atoms. The molecule has 0 radical (unpaired) electrons. The third-order valence-corrected chi connectivity index (χ3v) is 2.57. The summed E-state index contributed by atoms with van der Waals surface area (Å²) in [5.41, 5.74) is 5.35. The number of nitro groups is 1. The Balaban J connectivity index is 2.43. The first-order valence-electron chi connectivity index (χ1n) is 5.75. The molecule has 0 unspecified atom stereocenters. The van der Waals surface area contributed by atoms with Crippen molar-refractivity contribution >= 4 is 11.5 Å². The number of nitrogens with two attached hydrogens (primary N) is 1. The molecule has 108 valence electrons. The number of oxime groups is 1. The van der Waals surface area contributed by atoms with Gasteiger partial charge in [-0.1, -0.05) is 5.16 Å². The fourth-order valence-corrected chi connectivity index (χ4v) is 1.56. The van der Waals surface area contributed by atoms with Crippen molar-refractivity contribution in [3.63, 3.8) is 0 Å². The molecule has 0 aromatic carbocycles. The van der Waals surface area contributed by atoms with Gasteiger partial charge in [0.25, 0.3) is 5.69 Å². The molecule has 3 N–H and O–H groups in total. The summed E-state index contributed by atoms with van der Waals surface area (Å²) < 4.78 is 5.49. The minimum Gasteiger partial charge on any atom is -0.437 e. The number of hydrogen-bond donors (Lipinski definition) is 2. The number of aromatic nitrogens is 2. The predicted molar refractivity (Wildman–Crippen MR) is 72.5 cm³/mol. The molecule has 0 saturated carbocycles. The quantitative estimate of drug-likeness (QED) is 0.286. The van der Waals surface area contributed by atoms with Crippen LogP contribution >= 0.6 is 0 Å². The van der Waals surface area contributed by atoms with E-state index < -0.39 is 10.8 Å². The van der Waals surface area contributed by atoms with Crippen LogP contribution in [0.5, 0.6) is 11.6 Å². The number of nitrogens with zero attached hydrogens (tertiary/aromatic N) is 4. The average Bonchev–Trinajstić information content (AvgIpc) is 2.48. The van der Waals surface area contributed by atoms with E-state index in [-0.39, 0.29) is 17.3 Å². The lowest BCUT2D eigenvalue weighted by atomic mass is 10.3. The van der Waals surface area contributed by atoms with Gasteiger partial charge in [0.15, 0.2) is 17.3 Å². The second kappa shape index (κ2) is 5.82. The van der Waals surface area contributed by atoms with Crippen molar-refractivity contribution in [2.45, 2.75) is 6.92 Å². The van der Waals surface area contributed by atoms with E-state index in [1.165, 1.54) is 12.1 Å². The summed E-state index contributed by atoms with van der Waals surface area (Å²) in [6.45, 7) is 1.74. The van der Waals surface area contributed by atoms with Crippen LogP contribution in [0.2, 0.25) is 0 Å². The summed E-state index contributed by atoms with van der Waals surface area (Å²) in [6.07, 6.45) is 1.60. The highest BCUT2D eigenvalue weighted by molar-refractivity contribution is 5.98.